The van der Waals surface area contributed by atoms with Crippen LogP contribution in [-0.2, 0) is 9.47 Å². The second-order valence-electron chi connectivity index (χ2n) is 6.98. The molecule has 4 rings (SSSR count). The molecule has 1 aliphatic heterocycles. The summed E-state index contributed by atoms with van der Waals surface area (Å²) in [6.45, 7) is 2.05. The second kappa shape index (κ2) is 9.02. The van der Waals surface area contributed by atoms with Crippen molar-refractivity contribution in [1.82, 2.24) is 25.1 Å². The number of hydrogen-bond donors (Lipinski definition) is 0. The first-order chi connectivity index (χ1) is 14.7. The summed E-state index contributed by atoms with van der Waals surface area (Å²) >= 11 is 0. The summed E-state index contributed by atoms with van der Waals surface area (Å²) in [4.78, 5) is 14.9. The van der Waals surface area contributed by atoms with Crippen LogP contribution in [0.3, 0.4) is 0 Å². The van der Waals surface area contributed by atoms with Crippen LogP contribution in [-0.4, -0.2) is 77.6 Å². The number of para-hydroxylation sites is 1. The smallest absolute Gasteiger partial charge is 0.253 e. The summed E-state index contributed by atoms with van der Waals surface area (Å²) in [5.41, 5.74) is 2.89. The molecule has 156 valence electrons. The molecule has 1 atom stereocenters. The van der Waals surface area contributed by atoms with Gasteiger partial charge in [0.05, 0.1) is 38.7 Å². The van der Waals surface area contributed by atoms with E-state index in [1.807, 2.05) is 36.4 Å². The van der Waals surface area contributed by atoms with Crippen LogP contribution < -0.4 is 4.74 Å². The molecule has 0 aliphatic carbocycles. The third-order valence-electron chi connectivity index (χ3n) is 4.91. The predicted molar refractivity (Wildman–Crippen MR) is 109 cm³/mol. The lowest BCUT2D eigenvalue weighted by Gasteiger charge is -2.27. The van der Waals surface area contributed by atoms with Crippen molar-refractivity contribution in [1.29, 1.82) is 0 Å². The van der Waals surface area contributed by atoms with Gasteiger partial charge in [-0.1, -0.05) is 18.2 Å². The van der Waals surface area contributed by atoms with E-state index < -0.39 is 0 Å². The van der Waals surface area contributed by atoms with Crippen molar-refractivity contribution in [2.24, 2.45) is 0 Å². The zero-order valence-electron chi connectivity index (χ0n) is 16.9. The summed E-state index contributed by atoms with van der Waals surface area (Å²) in [5.74, 6) is 0.584. The quantitative estimate of drug-likeness (QED) is 0.613. The van der Waals surface area contributed by atoms with Crippen LogP contribution in [0, 0.1) is 0 Å². The number of carbonyl (C=O) groups is 1. The van der Waals surface area contributed by atoms with Crippen LogP contribution in [0.5, 0.6) is 5.75 Å². The molecule has 1 aromatic heterocycles. The minimum Gasteiger partial charge on any atom is -0.496 e. The highest BCUT2D eigenvalue weighted by Crippen LogP contribution is 2.32. The maximum Gasteiger partial charge on any atom is 0.253 e. The summed E-state index contributed by atoms with van der Waals surface area (Å²) in [7, 11) is 3.38. The van der Waals surface area contributed by atoms with E-state index in [4.69, 9.17) is 14.2 Å². The van der Waals surface area contributed by atoms with Gasteiger partial charge in [-0.3, -0.25) is 4.79 Å². The Hall–Kier alpha value is -3.30. The Balaban J connectivity index is 1.69. The van der Waals surface area contributed by atoms with E-state index in [0.717, 1.165) is 11.1 Å². The molecule has 1 unspecified atom stereocenters. The number of nitrogens with zero attached hydrogens (tertiary/aromatic N) is 5. The number of rotatable bonds is 6. The Morgan fingerprint density at radius 3 is 2.87 bits per heavy atom. The third-order valence-corrected chi connectivity index (χ3v) is 4.91. The molecule has 0 bridgehead atoms. The molecule has 9 nitrogen and oxygen atoms in total. The fraction of sp³-hybridized carbons (Fsp3) is 0.333. The van der Waals surface area contributed by atoms with E-state index in [-0.39, 0.29) is 12.0 Å². The number of amides is 1. The minimum atomic E-state index is -0.135. The van der Waals surface area contributed by atoms with E-state index in [0.29, 0.717) is 43.4 Å². The molecule has 0 N–H and O–H groups in total. The monoisotopic (exact) mass is 409 g/mol. The molecule has 2 heterocycles. The van der Waals surface area contributed by atoms with Gasteiger partial charge in [-0.25, -0.2) is 4.68 Å². The first-order valence-corrected chi connectivity index (χ1v) is 9.62. The summed E-state index contributed by atoms with van der Waals surface area (Å²) in [6.07, 6.45) is 1.36. The maximum absolute atomic E-state index is 13.2. The highest BCUT2D eigenvalue weighted by Gasteiger charge is 2.21. The Morgan fingerprint density at radius 2 is 2.13 bits per heavy atom. The molecular weight excluding hydrogens is 386 g/mol. The standard InChI is InChI=1S/C21H23N5O4/c1-25(12-18-13-29-7-8-30-18)21(27)16-9-15(19-5-3-4-6-20(19)28-2)10-17(11-16)26-14-22-23-24-26/h3-6,9-11,14,18H,7-8,12-13H2,1-2H3. The number of methoxy groups -OCH3 is 1. The van der Waals surface area contributed by atoms with Gasteiger partial charge in [0, 0.05) is 24.7 Å². The van der Waals surface area contributed by atoms with E-state index in [1.54, 1.807) is 25.1 Å². The molecule has 1 amide bonds. The number of carbonyl (C=O) groups excluding carboxylic acids is 1. The van der Waals surface area contributed by atoms with Crippen molar-refractivity contribution >= 4 is 5.91 Å². The third kappa shape index (κ3) is 4.32. The fourth-order valence-electron chi connectivity index (χ4n) is 3.44. The number of aromatic nitrogens is 4. The SMILES string of the molecule is COc1ccccc1-c1cc(C(=O)N(C)CC2COCCO2)cc(-n2cnnn2)c1. The van der Waals surface area contributed by atoms with Crippen molar-refractivity contribution < 1.29 is 19.0 Å². The van der Waals surface area contributed by atoms with Crippen LogP contribution in [0.15, 0.2) is 48.8 Å². The number of likely N-dealkylation sites (N-methyl/N-ethyl adjacent to an activating group) is 1. The first kappa shape index (κ1) is 20.0. The number of tetrazole rings is 1. The van der Waals surface area contributed by atoms with Crippen molar-refractivity contribution in [2.45, 2.75) is 6.10 Å². The van der Waals surface area contributed by atoms with E-state index in [2.05, 4.69) is 15.5 Å². The van der Waals surface area contributed by atoms with Gasteiger partial charge in [0.2, 0.25) is 0 Å². The average Bonchev–Trinajstić information content (AvgIpc) is 3.34. The summed E-state index contributed by atoms with van der Waals surface area (Å²) < 4.78 is 18.1. The van der Waals surface area contributed by atoms with Gasteiger partial charge in [-0.2, -0.15) is 0 Å². The van der Waals surface area contributed by atoms with Gasteiger partial charge in [0.25, 0.3) is 5.91 Å². The zero-order valence-corrected chi connectivity index (χ0v) is 16.9. The highest BCUT2D eigenvalue weighted by molar-refractivity contribution is 5.96. The topological polar surface area (TPSA) is 91.6 Å². The van der Waals surface area contributed by atoms with Crippen molar-refractivity contribution in [3.8, 4) is 22.6 Å². The molecule has 0 saturated carbocycles. The number of ether oxygens (including phenoxy) is 3. The van der Waals surface area contributed by atoms with Gasteiger partial charge in [-0.05, 0) is 40.3 Å². The average molecular weight is 409 g/mol. The Morgan fingerprint density at radius 1 is 1.27 bits per heavy atom. The zero-order chi connectivity index (χ0) is 20.9. The van der Waals surface area contributed by atoms with Crippen molar-refractivity contribution in [3.05, 3.63) is 54.4 Å². The molecule has 2 aromatic carbocycles. The van der Waals surface area contributed by atoms with Crippen LogP contribution in [0.25, 0.3) is 16.8 Å². The molecule has 30 heavy (non-hydrogen) atoms. The van der Waals surface area contributed by atoms with Crippen molar-refractivity contribution in [3.63, 3.8) is 0 Å². The van der Waals surface area contributed by atoms with Crippen LogP contribution in [0.2, 0.25) is 0 Å². The lowest BCUT2D eigenvalue weighted by molar-refractivity contribution is -0.0933. The van der Waals surface area contributed by atoms with E-state index >= 15 is 0 Å². The molecule has 0 radical (unpaired) electrons. The van der Waals surface area contributed by atoms with Gasteiger partial charge in [0.15, 0.2) is 0 Å². The molecule has 3 aromatic rings. The van der Waals surface area contributed by atoms with Crippen LogP contribution >= 0.6 is 0 Å². The molecule has 1 fully saturated rings. The fourth-order valence-corrected chi connectivity index (χ4v) is 3.44. The lowest BCUT2D eigenvalue weighted by atomic mass is 10.0. The Bertz CT molecular complexity index is 1000. The largest absolute Gasteiger partial charge is 0.496 e. The van der Waals surface area contributed by atoms with Crippen LogP contribution in [0.1, 0.15) is 10.4 Å². The van der Waals surface area contributed by atoms with E-state index in [9.17, 15) is 4.79 Å². The van der Waals surface area contributed by atoms with E-state index in [1.165, 1.54) is 11.0 Å². The molecule has 0 spiro atoms. The molecular formula is C21H23N5O4. The molecule has 1 aliphatic rings. The minimum absolute atomic E-state index is 0.129. The molecule has 9 heteroatoms. The van der Waals surface area contributed by atoms with Gasteiger partial charge < -0.3 is 19.1 Å². The second-order valence-corrected chi connectivity index (χ2v) is 6.98. The summed E-state index contributed by atoms with van der Waals surface area (Å²) in [5, 5.41) is 11.4. The van der Waals surface area contributed by atoms with Gasteiger partial charge >= 0.3 is 0 Å². The Labute approximate surface area is 174 Å². The normalized spacial score (nSPS) is 16.3. The number of hydrogen-bond acceptors (Lipinski definition) is 7. The maximum atomic E-state index is 13.2. The van der Waals surface area contributed by atoms with Gasteiger partial charge in [0.1, 0.15) is 12.1 Å². The highest BCUT2D eigenvalue weighted by atomic mass is 16.6. The van der Waals surface area contributed by atoms with Crippen LogP contribution in [0.4, 0.5) is 0 Å². The van der Waals surface area contributed by atoms with Gasteiger partial charge in [-0.15, -0.1) is 5.10 Å². The number of benzene rings is 2. The first-order valence-electron chi connectivity index (χ1n) is 9.62. The Kier molecular flexibility index (Phi) is 6.01. The lowest BCUT2D eigenvalue weighted by Crippen LogP contribution is -2.40. The summed E-state index contributed by atoms with van der Waals surface area (Å²) in [6, 6.07) is 13.2. The van der Waals surface area contributed by atoms with Crippen molar-refractivity contribution in [2.75, 3.05) is 40.5 Å². The molecule has 1 saturated heterocycles. The predicted octanol–water partition coefficient (Wildman–Crippen LogP) is 1.83.